The van der Waals surface area contributed by atoms with Crippen molar-refractivity contribution in [1.82, 2.24) is 20.2 Å². The summed E-state index contributed by atoms with van der Waals surface area (Å²) >= 11 is 0. The van der Waals surface area contributed by atoms with E-state index in [1.165, 1.54) is 11.1 Å². The molecular formula is C24H34IN5O2. The number of nitrogens with one attached hydrogen (secondary N) is 2. The molecule has 0 saturated heterocycles. The van der Waals surface area contributed by atoms with Crippen molar-refractivity contribution < 1.29 is 9.47 Å². The number of aliphatic imine (C=N–C) groups is 1. The number of fused-ring (bicyclic) bond motifs is 1. The summed E-state index contributed by atoms with van der Waals surface area (Å²) in [5, 5.41) is 6.77. The lowest BCUT2D eigenvalue weighted by Gasteiger charge is -2.15. The van der Waals surface area contributed by atoms with Crippen molar-refractivity contribution in [2.45, 2.75) is 32.9 Å². The number of hydrogen-bond donors (Lipinski definition) is 2. The van der Waals surface area contributed by atoms with Gasteiger partial charge in [-0.05, 0) is 37.1 Å². The van der Waals surface area contributed by atoms with Crippen LogP contribution in [0.25, 0.3) is 11.0 Å². The van der Waals surface area contributed by atoms with Crippen LogP contribution in [0.2, 0.25) is 0 Å². The van der Waals surface area contributed by atoms with Crippen molar-refractivity contribution >= 4 is 41.0 Å². The minimum atomic E-state index is 0. The summed E-state index contributed by atoms with van der Waals surface area (Å²) in [7, 11) is 3.49. The van der Waals surface area contributed by atoms with Gasteiger partial charge in [0.05, 0.1) is 24.0 Å². The zero-order chi connectivity index (χ0) is 21.9. The second-order valence-corrected chi connectivity index (χ2v) is 7.44. The van der Waals surface area contributed by atoms with E-state index >= 15 is 0 Å². The minimum Gasteiger partial charge on any atom is -0.493 e. The molecule has 7 nitrogen and oxygen atoms in total. The summed E-state index contributed by atoms with van der Waals surface area (Å²) in [6.45, 7) is 5.78. The van der Waals surface area contributed by atoms with E-state index in [1.54, 1.807) is 14.2 Å². The lowest BCUT2D eigenvalue weighted by atomic mass is 10.1. The highest BCUT2D eigenvalue weighted by Gasteiger charge is 2.06. The van der Waals surface area contributed by atoms with Crippen LogP contribution in [0.15, 0.2) is 53.8 Å². The Kier molecular flexibility index (Phi) is 11.3. The van der Waals surface area contributed by atoms with Gasteiger partial charge in [-0.1, -0.05) is 24.3 Å². The van der Waals surface area contributed by atoms with E-state index < -0.39 is 0 Å². The maximum Gasteiger partial charge on any atom is 0.191 e. The van der Waals surface area contributed by atoms with Crippen molar-refractivity contribution in [2.75, 3.05) is 33.9 Å². The van der Waals surface area contributed by atoms with Crippen molar-refractivity contribution in [1.29, 1.82) is 0 Å². The molecule has 0 aliphatic carbocycles. The number of ether oxygens (including phenoxy) is 2. The largest absolute Gasteiger partial charge is 0.493 e. The maximum absolute atomic E-state index is 5.97. The van der Waals surface area contributed by atoms with E-state index in [0.29, 0.717) is 19.8 Å². The quantitative estimate of drug-likeness (QED) is 0.162. The number of rotatable bonds is 11. The standard InChI is InChI=1S/C24H33N5O2.HI/c1-19-10-11-20(23(16-19)31-15-7-14-30-3)17-27-24(25-2)26-12-6-13-29-18-28-21-8-4-5-9-22(21)29;/h4-5,8-11,16,18H,6-7,12-15,17H2,1-3H3,(H2,25,26,27);1H. The Balaban J connectivity index is 0.00000363. The minimum absolute atomic E-state index is 0. The van der Waals surface area contributed by atoms with Crippen LogP contribution in [-0.2, 0) is 17.8 Å². The fourth-order valence-electron chi connectivity index (χ4n) is 3.37. The number of hydrogen-bond acceptors (Lipinski definition) is 4. The zero-order valence-electron chi connectivity index (χ0n) is 19.1. The molecule has 1 aromatic heterocycles. The first-order valence-electron chi connectivity index (χ1n) is 10.8. The van der Waals surface area contributed by atoms with Crippen LogP contribution in [0, 0.1) is 6.92 Å². The average Bonchev–Trinajstić information content (AvgIpc) is 3.20. The molecular weight excluding hydrogens is 517 g/mol. The maximum atomic E-state index is 5.97. The molecule has 0 aliphatic heterocycles. The Morgan fingerprint density at radius 1 is 1.09 bits per heavy atom. The van der Waals surface area contributed by atoms with Gasteiger partial charge < -0.3 is 24.7 Å². The first-order chi connectivity index (χ1) is 15.2. The van der Waals surface area contributed by atoms with Crippen LogP contribution < -0.4 is 15.4 Å². The van der Waals surface area contributed by atoms with Crippen LogP contribution in [-0.4, -0.2) is 49.4 Å². The molecule has 0 atom stereocenters. The van der Waals surface area contributed by atoms with E-state index in [0.717, 1.165) is 48.7 Å². The van der Waals surface area contributed by atoms with Crippen molar-refractivity contribution in [2.24, 2.45) is 4.99 Å². The summed E-state index contributed by atoms with van der Waals surface area (Å²) in [6.07, 6.45) is 3.75. The smallest absolute Gasteiger partial charge is 0.191 e. The van der Waals surface area contributed by atoms with Gasteiger partial charge in [-0.15, -0.1) is 24.0 Å². The van der Waals surface area contributed by atoms with Gasteiger partial charge in [0.2, 0.25) is 0 Å². The molecule has 0 amide bonds. The normalized spacial score (nSPS) is 11.3. The Bertz CT molecular complexity index is 989. The Morgan fingerprint density at radius 2 is 1.94 bits per heavy atom. The highest BCUT2D eigenvalue weighted by atomic mass is 127. The molecule has 1 heterocycles. The molecule has 2 N–H and O–H groups in total. The molecule has 2 aromatic carbocycles. The third-order valence-corrected chi connectivity index (χ3v) is 5.04. The summed E-state index contributed by atoms with van der Waals surface area (Å²) in [5.41, 5.74) is 4.49. The fraction of sp³-hybridized carbons (Fsp3) is 0.417. The number of benzene rings is 2. The number of guanidine groups is 1. The molecule has 0 saturated carbocycles. The number of nitrogens with zero attached hydrogens (tertiary/aromatic N) is 3. The second kappa shape index (κ2) is 13.9. The summed E-state index contributed by atoms with van der Waals surface area (Å²) in [4.78, 5) is 8.78. The van der Waals surface area contributed by atoms with Gasteiger partial charge >= 0.3 is 0 Å². The molecule has 8 heteroatoms. The second-order valence-electron chi connectivity index (χ2n) is 7.44. The predicted molar refractivity (Wildman–Crippen MR) is 141 cm³/mol. The molecule has 174 valence electrons. The molecule has 0 spiro atoms. The van der Waals surface area contributed by atoms with Gasteiger partial charge in [-0.25, -0.2) is 4.98 Å². The van der Waals surface area contributed by atoms with Gasteiger partial charge in [0.15, 0.2) is 5.96 Å². The molecule has 3 rings (SSSR count). The van der Waals surface area contributed by atoms with Crippen LogP contribution >= 0.6 is 24.0 Å². The van der Waals surface area contributed by atoms with Crippen molar-refractivity contribution in [3.05, 3.63) is 59.9 Å². The number of para-hydroxylation sites is 2. The van der Waals surface area contributed by atoms with E-state index in [9.17, 15) is 0 Å². The van der Waals surface area contributed by atoms with E-state index in [4.69, 9.17) is 9.47 Å². The topological polar surface area (TPSA) is 72.7 Å². The van der Waals surface area contributed by atoms with Gasteiger partial charge in [-0.2, -0.15) is 0 Å². The monoisotopic (exact) mass is 551 g/mol. The lowest BCUT2D eigenvalue weighted by molar-refractivity contribution is 0.171. The Morgan fingerprint density at radius 3 is 2.75 bits per heavy atom. The molecule has 0 bridgehead atoms. The van der Waals surface area contributed by atoms with E-state index in [-0.39, 0.29) is 24.0 Å². The van der Waals surface area contributed by atoms with Crippen LogP contribution in [0.1, 0.15) is 24.0 Å². The molecule has 32 heavy (non-hydrogen) atoms. The SMILES string of the molecule is CN=C(NCCCn1cnc2ccccc21)NCc1ccc(C)cc1OCCCOC.I. The van der Waals surface area contributed by atoms with Gasteiger partial charge in [0.25, 0.3) is 0 Å². The Hall–Kier alpha value is -2.33. The number of halogens is 1. The summed E-state index contributed by atoms with van der Waals surface area (Å²) in [6, 6.07) is 14.5. The predicted octanol–water partition coefficient (Wildman–Crippen LogP) is 4.13. The van der Waals surface area contributed by atoms with E-state index in [1.807, 2.05) is 24.5 Å². The van der Waals surface area contributed by atoms with Crippen LogP contribution in [0.5, 0.6) is 5.75 Å². The molecule has 0 fully saturated rings. The lowest BCUT2D eigenvalue weighted by Crippen LogP contribution is -2.37. The van der Waals surface area contributed by atoms with E-state index in [2.05, 4.69) is 56.4 Å². The van der Waals surface area contributed by atoms with Crippen LogP contribution in [0.4, 0.5) is 0 Å². The van der Waals surface area contributed by atoms with Crippen molar-refractivity contribution in [3.8, 4) is 5.75 Å². The van der Waals surface area contributed by atoms with Gasteiger partial charge in [0, 0.05) is 52.4 Å². The Labute approximate surface area is 207 Å². The van der Waals surface area contributed by atoms with Gasteiger partial charge in [-0.3, -0.25) is 4.99 Å². The van der Waals surface area contributed by atoms with Gasteiger partial charge in [0.1, 0.15) is 5.75 Å². The third kappa shape index (κ3) is 7.67. The highest BCUT2D eigenvalue weighted by Crippen LogP contribution is 2.20. The van der Waals surface area contributed by atoms with Crippen LogP contribution in [0.3, 0.4) is 0 Å². The fourth-order valence-corrected chi connectivity index (χ4v) is 3.37. The summed E-state index contributed by atoms with van der Waals surface area (Å²) < 4.78 is 13.3. The number of aromatic nitrogens is 2. The average molecular weight is 551 g/mol. The molecule has 0 aliphatic rings. The number of imidazole rings is 1. The third-order valence-electron chi connectivity index (χ3n) is 5.04. The highest BCUT2D eigenvalue weighted by molar-refractivity contribution is 14.0. The zero-order valence-corrected chi connectivity index (χ0v) is 21.5. The molecule has 3 aromatic rings. The number of aryl methyl sites for hydroxylation is 2. The summed E-state index contributed by atoms with van der Waals surface area (Å²) in [5.74, 6) is 1.69. The first-order valence-corrected chi connectivity index (χ1v) is 10.8. The van der Waals surface area contributed by atoms with Crippen molar-refractivity contribution in [3.63, 3.8) is 0 Å². The number of methoxy groups -OCH3 is 1. The first kappa shape index (κ1) is 25.9. The molecule has 0 unspecified atom stereocenters. The molecule has 0 radical (unpaired) electrons.